The lowest BCUT2D eigenvalue weighted by atomic mass is 10.3. The van der Waals surface area contributed by atoms with Crippen LogP contribution in [-0.4, -0.2) is 29.5 Å². The molecule has 0 radical (unpaired) electrons. The first kappa shape index (κ1) is 13.1. The minimum absolute atomic E-state index is 0.424. The maximum atomic E-state index is 5.47. The van der Waals surface area contributed by atoms with Crippen LogP contribution in [0, 0.1) is 0 Å². The Labute approximate surface area is 96.6 Å². The summed E-state index contributed by atoms with van der Waals surface area (Å²) in [4.78, 5) is 0. The summed E-state index contributed by atoms with van der Waals surface area (Å²) in [5.74, 6) is 1.35. The first-order valence-corrected chi connectivity index (χ1v) is 5.84. The number of ether oxygens (including phenoxy) is 1. The van der Waals surface area contributed by atoms with E-state index in [9.17, 15) is 0 Å². The quantitative estimate of drug-likeness (QED) is 0.682. The van der Waals surface area contributed by atoms with Crippen molar-refractivity contribution in [3.8, 4) is 0 Å². The minimum atomic E-state index is 0.424. The van der Waals surface area contributed by atoms with E-state index in [-0.39, 0.29) is 0 Å². The van der Waals surface area contributed by atoms with Gasteiger partial charge in [-0.05, 0) is 13.3 Å². The fraction of sp³-hybridized carbons (Fsp3) is 0.818. The second kappa shape index (κ2) is 7.35. The van der Waals surface area contributed by atoms with Gasteiger partial charge in [0.15, 0.2) is 0 Å². The van der Waals surface area contributed by atoms with Gasteiger partial charge in [0, 0.05) is 25.7 Å². The van der Waals surface area contributed by atoms with Gasteiger partial charge < -0.3 is 14.5 Å². The number of hydrogen-bond acceptors (Lipinski definition) is 5. The highest BCUT2D eigenvalue weighted by Gasteiger charge is 2.05. The van der Waals surface area contributed by atoms with Gasteiger partial charge in [0.1, 0.15) is 0 Å². The molecule has 16 heavy (non-hydrogen) atoms. The number of aryl methyl sites for hydroxylation is 1. The lowest BCUT2D eigenvalue weighted by Crippen LogP contribution is -2.21. The molecule has 0 atom stereocenters. The lowest BCUT2D eigenvalue weighted by Gasteiger charge is -2.03. The summed E-state index contributed by atoms with van der Waals surface area (Å²) >= 11 is 0. The Morgan fingerprint density at radius 1 is 1.31 bits per heavy atom. The molecular weight excluding hydrogens is 206 g/mol. The van der Waals surface area contributed by atoms with Crippen LogP contribution < -0.4 is 5.32 Å². The third-order valence-corrected chi connectivity index (χ3v) is 2.05. The Hall–Kier alpha value is -0.940. The lowest BCUT2D eigenvalue weighted by molar-refractivity contribution is 0.143. The molecule has 0 fully saturated rings. The molecular formula is C11H21N3O2. The van der Waals surface area contributed by atoms with E-state index in [0.717, 1.165) is 26.1 Å². The predicted octanol–water partition coefficient (Wildman–Crippen LogP) is 1.54. The highest BCUT2D eigenvalue weighted by atomic mass is 16.5. The van der Waals surface area contributed by atoms with E-state index in [4.69, 9.17) is 9.15 Å². The summed E-state index contributed by atoms with van der Waals surface area (Å²) < 4.78 is 10.7. The van der Waals surface area contributed by atoms with Gasteiger partial charge >= 0.3 is 0 Å². The highest BCUT2D eigenvalue weighted by molar-refractivity contribution is 4.82. The molecule has 1 aromatic heterocycles. The molecule has 1 N–H and O–H groups in total. The van der Waals surface area contributed by atoms with Crippen LogP contribution in [-0.2, 0) is 17.7 Å². The average molecular weight is 227 g/mol. The molecule has 1 rings (SSSR count). The summed E-state index contributed by atoms with van der Waals surface area (Å²) in [6, 6.07) is 0.424. The molecule has 0 aliphatic rings. The topological polar surface area (TPSA) is 60.2 Å². The van der Waals surface area contributed by atoms with Crippen LogP contribution in [0.5, 0.6) is 0 Å². The number of nitrogens with zero attached hydrogens (tertiary/aromatic N) is 2. The van der Waals surface area contributed by atoms with E-state index in [1.54, 1.807) is 0 Å². The zero-order valence-electron chi connectivity index (χ0n) is 10.3. The highest BCUT2D eigenvalue weighted by Crippen LogP contribution is 2.03. The van der Waals surface area contributed by atoms with Crippen molar-refractivity contribution in [1.82, 2.24) is 15.5 Å². The largest absolute Gasteiger partial charge is 0.424 e. The molecule has 0 unspecified atom stereocenters. The third kappa shape index (κ3) is 5.23. The van der Waals surface area contributed by atoms with E-state index < -0.39 is 0 Å². The Balaban J connectivity index is 2.22. The summed E-state index contributed by atoms with van der Waals surface area (Å²) in [6.07, 6.45) is 1.71. The van der Waals surface area contributed by atoms with Crippen LogP contribution in [0.15, 0.2) is 4.42 Å². The molecule has 1 heterocycles. The van der Waals surface area contributed by atoms with E-state index >= 15 is 0 Å². The average Bonchev–Trinajstić information content (AvgIpc) is 2.70. The van der Waals surface area contributed by atoms with Crippen molar-refractivity contribution in [3.63, 3.8) is 0 Å². The number of aromatic nitrogens is 2. The Morgan fingerprint density at radius 2 is 2.06 bits per heavy atom. The minimum Gasteiger partial charge on any atom is -0.424 e. The molecule has 0 amide bonds. The van der Waals surface area contributed by atoms with Crippen LogP contribution in [0.2, 0.25) is 0 Å². The van der Waals surface area contributed by atoms with Gasteiger partial charge in [0.2, 0.25) is 11.8 Å². The molecule has 0 aliphatic heterocycles. The fourth-order valence-corrected chi connectivity index (χ4v) is 1.22. The van der Waals surface area contributed by atoms with E-state index in [1.807, 2.05) is 6.92 Å². The van der Waals surface area contributed by atoms with E-state index in [1.165, 1.54) is 0 Å². The summed E-state index contributed by atoms with van der Waals surface area (Å²) in [5, 5.41) is 11.2. The van der Waals surface area contributed by atoms with Crippen molar-refractivity contribution in [3.05, 3.63) is 11.8 Å². The Kier molecular flexibility index (Phi) is 6.03. The monoisotopic (exact) mass is 227 g/mol. The number of rotatable bonds is 8. The van der Waals surface area contributed by atoms with Crippen molar-refractivity contribution in [1.29, 1.82) is 0 Å². The normalized spacial score (nSPS) is 11.2. The van der Waals surface area contributed by atoms with Crippen LogP contribution >= 0.6 is 0 Å². The van der Waals surface area contributed by atoms with Crippen LogP contribution in [0.4, 0.5) is 0 Å². The fourth-order valence-electron chi connectivity index (χ4n) is 1.22. The predicted molar refractivity (Wildman–Crippen MR) is 61.1 cm³/mol. The molecule has 0 saturated carbocycles. The van der Waals surface area contributed by atoms with Crippen molar-refractivity contribution in [2.24, 2.45) is 0 Å². The van der Waals surface area contributed by atoms with Crippen LogP contribution in [0.1, 0.15) is 39.0 Å². The summed E-state index contributed by atoms with van der Waals surface area (Å²) in [7, 11) is 0. The van der Waals surface area contributed by atoms with Crippen LogP contribution in [0.3, 0.4) is 0 Å². The van der Waals surface area contributed by atoms with Gasteiger partial charge in [-0.25, -0.2) is 0 Å². The summed E-state index contributed by atoms with van der Waals surface area (Å²) in [5.41, 5.74) is 0. The molecule has 5 heteroatoms. The van der Waals surface area contributed by atoms with Crippen molar-refractivity contribution in [2.75, 3.05) is 13.2 Å². The molecule has 92 valence electrons. The molecule has 0 saturated heterocycles. The zero-order chi connectivity index (χ0) is 11.8. The van der Waals surface area contributed by atoms with Gasteiger partial charge in [0.05, 0.1) is 6.54 Å². The van der Waals surface area contributed by atoms with Crippen molar-refractivity contribution >= 4 is 0 Å². The first-order chi connectivity index (χ1) is 7.72. The van der Waals surface area contributed by atoms with Gasteiger partial charge in [-0.15, -0.1) is 10.2 Å². The molecule has 0 aliphatic carbocycles. The second-order valence-electron chi connectivity index (χ2n) is 3.93. The maximum Gasteiger partial charge on any atom is 0.230 e. The molecule has 0 spiro atoms. The molecule has 0 bridgehead atoms. The van der Waals surface area contributed by atoms with Gasteiger partial charge in [-0.2, -0.15) is 0 Å². The molecule has 1 aromatic rings. The smallest absolute Gasteiger partial charge is 0.230 e. The SMILES string of the molecule is CCOCCCc1nnc(CNC(C)C)o1. The molecule has 5 nitrogen and oxygen atoms in total. The summed E-state index contributed by atoms with van der Waals surface area (Å²) in [6.45, 7) is 8.29. The number of hydrogen-bond donors (Lipinski definition) is 1. The van der Waals surface area contributed by atoms with Gasteiger partial charge in [-0.1, -0.05) is 13.8 Å². The second-order valence-corrected chi connectivity index (χ2v) is 3.93. The molecule has 0 aromatic carbocycles. The Bertz CT molecular complexity index is 287. The van der Waals surface area contributed by atoms with Gasteiger partial charge in [0.25, 0.3) is 0 Å². The Morgan fingerprint density at radius 3 is 2.75 bits per heavy atom. The van der Waals surface area contributed by atoms with Crippen molar-refractivity contribution < 1.29 is 9.15 Å². The van der Waals surface area contributed by atoms with E-state index in [0.29, 0.717) is 24.4 Å². The third-order valence-electron chi connectivity index (χ3n) is 2.05. The standard InChI is InChI=1S/C11H21N3O2/c1-4-15-7-5-6-10-13-14-11(16-10)8-12-9(2)3/h9,12H,4-8H2,1-3H3. The number of nitrogens with one attached hydrogen (secondary N) is 1. The van der Waals surface area contributed by atoms with Crippen LogP contribution in [0.25, 0.3) is 0 Å². The first-order valence-electron chi connectivity index (χ1n) is 5.84. The zero-order valence-corrected chi connectivity index (χ0v) is 10.3. The van der Waals surface area contributed by atoms with Crippen molar-refractivity contribution in [2.45, 2.75) is 46.2 Å². The van der Waals surface area contributed by atoms with Gasteiger partial charge in [-0.3, -0.25) is 0 Å². The maximum absolute atomic E-state index is 5.47. The van der Waals surface area contributed by atoms with E-state index in [2.05, 4.69) is 29.4 Å².